The quantitative estimate of drug-likeness (QED) is 0.798. The van der Waals surface area contributed by atoms with Crippen LogP contribution in [0.1, 0.15) is 20.8 Å². The van der Waals surface area contributed by atoms with Crippen LogP contribution in [0.25, 0.3) is 0 Å². The molecule has 2 aromatic rings. The summed E-state index contributed by atoms with van der Waals surface area (Å²) in [6, 6.07) is 4.45. The number of Topliss-reactive ketones (excluding diaryl/α,β-unsaturated/α-hetero) is 1. The molecule has 0 saturated heterocycles. The van der Waals surface area contributed by atoms with Gasteiger partial charge in [0.25, 0.3) is 0 Å². The lowest BCUT2D eigenvalue weighted by Gasteiger charge is -2.07. The molecule has 0 fully saturated rings. The average Bonchev–Trinajstić information content (AvgIpc) is 2.81. The van der Waals surface area contributed by atoms with Crippen molar-refractivity contribution in [2.75, 3.05) is 0 Å². The molecular formula is C12H8F3NOS. The van der Waals surface area contributed by atoms with Crippen LogP contribution in [0.3, 0.4) is 0 Å². The Labute approximate surface area is 105 Å². The fraction of sp³-hybridized carbons (Fsp3) is 0.167. The highest BCUT2D eigenvalue weighted by Crippen LogP contribution is 2.29. The molecule has 0 saturated carbocycles. The maximum absolute atomic E-state index is 12.5. The number of rotatable bonds is 3. The summed E-state index contributed by atoms with van der Waals surface area (Å²) in [6.45, 7) is 0. The van der Waals surface area contributed by atoms with Crippen molar-refractivity contribution in [2.45, 2.75) is 12.6 Å². The van der Waals surface area contributed by atoms with Gasteiger partial charge in [-0.05, 0) is 12.1 Å². The second-order valence-electron chi connectivity index (χ2n) is 3.65. The second kappa shape index (κ2) is 4.89. The first-order chi connectivity index (χ1) is 8.47. The summed E-state index contributed by atoms with van der Waals surface area (Å²) < 4.78 is 37.5. The molecular weight excluding hydrogens is 263 g/mol. The first-order valence-electron chi connectivity index (χ1n) is 5.04. The molecule has 0 aliphatic rings. The second-order valence-corrected chi connectivity index (χ2v) is 4.62. The molecule has 0 aliphatic carbocycles. The Morgan fingerprint density at radius 3 is 2.72 bits per heavy atom. The van der Waals surface area contributed by atoms with E-state index in [4.69, 9.17) is 0 Å². The maximum Gasteiger partial charge on any atom is 0.416 e. The highest BCUT2D eigenvalue weighted by Gasteiger charge is 2.30. The van der Waals surface area contributed by atoms with E-state index in [-0.39, 0.29) is 17.8 Å². The van der Waals surface area contributed by atoms with E-state index in [1.165, 1.54) is 29.7 Å². The van der Waals surface area contributed by atoms with Crippen molar-refractivity contribution in [3.05, 3.63) is 52.0 Å². The number of benzene rings is 1. The van der Waals surface area contributed by atoms with E-state index in [2.05, 4.69) is 4.98 Å². The Balaban J connectivity index is 2.21. The molecule has 6 heteroatoms. The number of nitrogens with zero attached hydrogens (tertiary/aromatic N) is 1. The molecule has 18 heavy (non-hydrogen) atoms. The number of hydrogen-bond acceptors (Lipinski definition) is 3. The molecule has 2 rings (SSSR count). The van der Waals surface area contributed by atoms with Crippen LogP contribution in [0, 0.1) is 0 Å². The molecule has 0 radical (unpaired) electrons. The van der Waals surface area contributed by atoms with Crippen molar-refractivity contribution in [2.24, 2.45) is 0 Å². The third-order valence-corrected chi connectivity index (χ3v) is 3.11. The zero-order valence-corrected chi connectivity index (χ0v) is 9.89. The fourth-order valence-corrected chi connectivity index (χ4v) is 2.05. The van der Waals surface area contributed by atoms with Crippen LogP contribution in [0.5, 0.6) is 0 Å². The van der Waals surface area contributed by atoms with Crippen LogP contribution >= 0.6 is 11.3 Å². The van der Waals surface area contributed by atoms with Gasteiger partial charge in [0.2, 0.25) is 0 Å². The molecule has 0 spiro atoms. The van der Waals surface area contributed by atoms with Gasteiger partial charge in [-0.2, -0.15) is 13.2 Å². The fourth-order valence-electron chi connectivity index (χ4n) is 1.46. The Morgan fingerprint density at radius 1 is 1.33 bits per heavy atom. The van der Waals surface area contributed by atoms with Crippen molar-refractivity contribution in [1.29, 1.82) is 0 Å². The summed E-state index contributed by atoms with van der Waals surface area (Å²) >= 11 is 1.30. The average molecular weight is 271 g/mol. The van der Waals surface area contributed by atoms with E-state index < -0.39 is 11.7 Å². The third-order valence-electron chi connectivity index (χ3n) is 2.33. The van der Waals surface area contributed by atoms with Gasteiger partial charge in [0, 0.05) is 23.1 Å². The van der Waals surface area contributed by atoms with Crippen LogP contribution in [-0.4, -0.2) is 10.8 Å². The minimum atomic E-state index is -4.43. The molecule has 0 unspecified atom stereocenters. The lowest BCUT2D eigenvalue weighted by molar-refractivity contribution is -0.137. The number of thiazole rings is 1. The van der Waals surface area contributed by atoms with Gasteiger partial charge in [0.05, 0.1) is 11.1 Å². The van der Waals surface area contributed by atoms with Gasteiger partial charge in [-0.15, -0.1) is 11.3 Å². The molecule has 1 aromatic carbocycles. The van der Waals surface area contributed by atoms with Gasteiger partial charge in [0.1, 0.15) is 0 Å². The Bertz CT molecular complexity index is 549. The van der Waals surface area contributed by atoms with E-state index in [1.807, 2.05) is 0 Å². The molecule has 2 nitrogen and oxygen atoms in total. The summed E-state index contributed by atoms with van der Waals surface area (Å²) in [5, 5.41) is 0. The lowest BCUT2D eigenvalue weighted by Crippen LogP contribution is -2.08. The molecule has 0 amide bonds. The topological polar surface area (TPSA) is 30.0 Å². The normalized spacial score (nSPS) is 11.5. The molecule has 0 aliphatic heterocycles. The van der Waals surface area contributed by atoms with E-state index in [0.717, 1.165) is 17.0 Å². The third kappa shape index (κ3) is 2.95. The minimum Gasteiger partial charge on any atom is -0.294 e. The predicted molar refractivity (Wildman–Crippen MR) is 61.6 cm³/mol. The van der Waals surface area contributed by atoms with E-state index in [1.54, 1.807) is 5.51 Å². The first-order valence-corrected chi connectivity index (χ1v) is 5.92. The highest BCUT2D eigenvalue weighted by molar-refractivity contribution is 7.09. The summed E-state index contributed by atoms with van der Waals surface area (Å²) in [4.78, 5) is 16.3. The predicted octanol–water partition coefficient (Wildman–Crippen LogP) is 3.59. The molecule has 1 heterocycles. The van der Waals surface area contributed by atoms with Crippen molar-refractivity contribution < 1.29 is 18.0 Å². The van der Waals surface area contributed by atoms with Gasteiger partial charge < -0.3 is 0 Å². The number of alkyl halides is 3. The number of halogens is 3. The van der Waals surface area contributed by atoms with Gasteiger partial charge in [-0.25, -0.2) is 0 Å². The number of carbonyl (C=O) groups is 1. The van der Waals surface area contributed by atoms with Crippen molar-refractivity contribution in [1.82, 2.24) is 4.98 Å². The highest BCUT2D eigenvalue weighted by atomic mass is 32.1. The maximum atomic E-state index is 12.5. The van der Waals surface area contributed by atoms with Crippen LogP contribution in [0.2, 0.25) is 0 Å². The molecule has 0 N–H and O–H groups in total. The van der Waals surface area contributed by atoms with Crippen LogP contribution < -0.4 is 0 Å². The Kier molecular flexibility index (Phi) is 3.47. The lowest BCUT2D eigenvalue weighted by atomic mass is 10.0. The summed E-state index contributed by atoms with van der Waals surface area (Å²) in [5.74, 6) is -0.342. The molecule has 94 valence electrons. The summed E-state index contributed by atoms with van der Waals surface area (Å²) in [5.41, 5.74) is 0.838. The minimum absolute atomic E-state index is 0.0678. The van der Waals surface area contributed by atoms with Gasteiger partial charge in [-0.3, -0.25) is 9.78 Å². The number of ketones is 1. The van der Waals surface area contributed by atoms with Gasteiger partial charge >= 0.3 is 6.18 Å². The Morgan fingerprint density at radius 2 is 2.11 bits per heavy atom. The molecule has 1 aromatic heterocycles. The van der Waals surface area contributed by atoms with Crippen molar-refractivity contribution in [3.63, 3.8) is 0 Å². The molecule has 0 atom stereocenters. The standard InChI is InChI=1S/C12H8F3NOS/c13-12(14,15)9-3-1-2-8(4-9)11(17)5-10-6-16-7-18-10/h1-4,6-7H,5H2. The number of aromatic nitrogens is 1. The van der Waals surface area contributed by atoms with Crippen molar-refractivity contribution >= 4 is 17.1 Å². The zero-order chi connectivity index (χ0) is 13.2. The van der Waals surface area contributed by atoms with Crippen LogP contribution in [-0.2, 0) is 12.6 Å². The monoisotopic (exact) mass is 271 g/mol. The van der Waals surface area contributed by atoms with Gasteiger partial charge in [-0.1, -0.05) is 12.1 Å². The van der Waals surface area contributed by atoms with Crippen LogP contribution in [0.4, 0.5) is 13.2 Å². The van der Waals surface area contributed by atoms with E-state index in [0.29, 0.717) is 0 Å². The van der Waals surface area contributed by atoms with Crippen LogP contribution in [0.15, 0.2) is 36.0 Å². The number of hydrogen-bond donors (Lipinski definition) is 0. The smallest absolute Gasteiger partial charge is 0.294 e. The SMILES string of the molecule is O=C(Cc1cncs1)c1cccc(C(F)(F)F)c1. The Hall–Kier alpha value is -1.69. The van der Waals surface area contributed by atoms with E-state index in [9.17, 15) is 18.0 Å². The first kappa shape index (κ1) is 12.8. The largest absolute Gasteiger partial charge is 0.416 e. The van der Waals surface area contributed by atoms with E-state index >= 15 is 0 Å². The summed E-state index contributed by atoms with van der Waals surface area (Å²) in [6.07, 6.45) is -2.82. The molecule has 0 bridgehead atoms. The summed E-state index contributed by atoms with van der Waals surface area (Å²) in [7, 11) is 0. The van der Waals surface area contributed by atoms with Gasteiger partial charge in [0.15, 0.2) is 5.78 Å². The zero-order valence-electron chi connectivity index (χ0n) is 9.07. The van der Waals surface area contributed by atoms with Crippen molar-refractivity contribution in [3.8, 4) is 0 Å². The number of carbonyl (C=O) groups excluding carboxylic acids is 1.